The quantitative estimate of drug-likeness (QED) is 0.674. The SMILES string of the molecule is CCC(=O)c1ccn2nc(C)cc2n1. The first-order valence-corrected chi connectivity index (χ1v) is 4.57. The van der Waals surface area contributed by atoms with E-state index in [1.54, 1.807) is 16.8 Å². The third kappa shape index (κ3) is 1.39. The van der Waals surface area contributed by atoms with E-state index in [0.717, 1.165) is 11.3 Å². The number of carbonyl (C=O) groups excluding carboxylic acids is 1. The van der Waals surface area contributed by atoms with Crippen LogP contribution >= 0.6 is 0 Å². The highest BCUT2D eigenvalue weighted by molar-refractivity contribution is 5.94. The lowest BCUT2D eigenvalue weighted by molar-refractivity contribution is 0.0983. The van der Waals surface area contributed by atoms with Crippen LogP contribution in [0.1, 0.15) is 29.5 Å². The fourth-order valence-electron chi connectivity index (χ4n) is 1.33. The zero-order valence-corrected chi connectivity index (χ0v) is 8.19. The zero-order valence-electron chi connectivity index (χ0n) is 8.19. The fourth-order valence-corrected chi connectivity index (χ4v) is 1.33. The molecule has 4 nitrogen and oxygen atoms in total. The van der Waals surface area contributed by atoms with E-state index in [9.17, 15) is 4.79 Å². The lowest BCUT2D eigenvalue weighted by atomic mass is 10.2. The second kappa shape index (κ2) is 3.21. The van der Waals surface area contributed by atoms with Crippen LogP contribution in [0.4, 0.5) is 0 Å². The van der Waals surface area contributed by atoms with Crippen molar-refractivity contribution in [1.82, 2.24) is 14.6 Å². The molecular formula is C10H11N3O. The van der Waals surface area contributed by atoms with Crippen LogP contribution in [0.2, 0.25) is 0 Å². The van der Waals surface area contributed by atoms with Gasteiger partial charge in [-0.25, -0.2) is 9.50 Å². The van der Waals surface area contributed by atoms with Crippen molar-refractivity contribution in [3.8, 4) is 0 Å². The van der Waals surface area contributed by atoms with E-state index in [2.05, 4.69) is 10.1 Å². The number of carbonyl (C=O) groups is 1. The summed E-state index contributed by atoms with van der Waals surface area (Å²) in [5, 5.41) is 4.18. The predicted molar refractivity (Wildman–Crippen MR) is 52.3 cm³/mol. The molecule has 0 unspecified atom stereocenters. The van der Waals surface area contributed by atoms with Gasteiger partial charge in [0.15, 0.2) is 11.4 Å². The van der Waals surface area contributed by atoms with Crippen LogP contribution in [-0.2, 0) is 0 Å². The molecule has 0 aromatic carbocycles. The number of hydrogen-bond donors (Lipinski definition) is 0. The summed E-state index contributed by atoms with van der Waals surface area (Å²) in [6, 6.07) is 3.55. The van der Waals surface area contributed by atoms with Gasteiger partial charge < -0.3 is 0 Å². The molecule has 4 heteroatoms. The standard InChI is InChI=1S/C10H11N3O/c1-3-9(14)8-4-5-13-10(11-8)6-7(2)12-13/h4-6H,3H2,1-2H3. The van der Waals surface area contributed by atoms with Crippen molar-refractivity contribution in [3.63, 3.8) is 0 Å². The molecule has 0 saturated heterocycles. The second-order valence-electron chi connectivity index (χ2n) is 3.18. The summed E-state index contributed by atoms with van der Waals surface area (Å²) in [6.07, 6.45) is 2.24. The molecule has 0 fully saturated rings. The molecule has 0 aliphatic carbocycles. The minimum Gasteiger partial charge on any atom is -0.292 e. The monoisotopic (exact) mass is 189 g/mol. The molecule has 0 radical (unpaired) electrons. The first-order chi connectivity index (χ1) is 6.70. The van der Waals surface area contributed by atoms with E-state index in [1.807, 2.05) is 19.9 Å². The first-order valence-electron chi connectivity index (χ1n) is 4.57. The Kier molecular flexibility index (Phi) is 2.04. The van der Waals surface area contributed by atoms with Gasteiger partial charge in [0.1, 0.15) is 5.69 Å². The number of rotatable bonds is 2. The number of hydrogen-bond acceptors (Lipinski definition) is 3. The van der Waals surface area contributed by atoms with Gasteiger partial charge in [0.05, 0.1) is 5.69 Å². The minimum absolute atomic E-state index is 0.0614. The first kappa shape index (κ1) is 8.87. The van der Waals surface area contributed by atoms with Crippen molar-refractivity contribution in [2.75, 3.05) is 0 Å². The van der Waals surface area contributed by atoms with Crippen LogP contribution in [0.25, 0.3) is 5.65 Å². The van der Waals surface area contributed by atoms with Crippen molar-refractivity contribution in [3.05, 3.63) is 29.7 Å². The van der Waals surface area contributed by atoms with Gasteiger partial charge >= 0.3 is 0 Å². The Bertz CT molecular complexity index is 487. The van der Waals surface area contributed by atoms with Crippen LogP contribution in [0.3, 0.4) is 0 Å². The number of aryl methyl sites for hydroxylation is 1. The van der Waals surface area contributed by atoms with Crippen LogP contribution in [0.15, 0.2) is 18.3 Å². The molecule has 0 bridgehead atoms. The third-order valence-electron chi connectivity index (χ3n) is 2.05. The van der Waals surface area contributed by atoms with Crippen LogP contribution < -0.4 is 0 Å². The van der Waals surface area contributed by atoms with Gasteiger partial charge in [-0.15, -0.1) is 0 Å². The molecule has 14 heavy (non-hydrogen) atoms. The molecule has 0 amide bonds. The van der Waals surface area contributed by atoms with E-state index in [1.165, 1.54) is 0 Å². The summed E-state index contributed by atoms with van der Waals surface area (Å²) in [5.74, 6) is 0.0614. The van der Waals surface area contributed by atoms with Gasteiger partial charge in [0.25, 0.3) is 0 Å². The largest absolute Gasteiger partial charge is 0.292 e. The van der Waals surface area contributed by atoms with Gasteiger partial charge in [-0.1, -0.05) is 6.92 Å². The molecule has 0 aliphatic heterocycles. The highest BCUT2D eigenvalue weighted by Gasteiger charge is 2.06. The summed E-state index contributed by atoms with van der Waals surface area (Å²) >= 11 is 0. The molecule has 0 N–H and O–H groups in total. The Balaban J connectivity index is 2.55. The van der Waals surface area contributed by atoms with E-state index in [4.69, 9.17) is 0 Å². The van der Waals surface area contributed by atoms with Gasteiger partial charge in [-0.05, 0) is 13.0 Å². The van der Waals surface area contributed by atoms with E-state index >= 15 is 0 Å². The van der Waals surface area contributed by atoms with Gasteiger partial charge in [-0.3, -0.25) is 4.79 Å². The number of fused-ring (bicyclic) bond motifs is 1. The van der Waals surface area contributed by atoms with Crippen LogP contribution in [0, 0.1) is 6.92 Å². The van der Waals surface area contributed by atoms with Crippen LogP contribution in [0.5, 0.6) is 0 Å². The van der Waals surface area contributed by atoms with E-state index in [0.29, 0.717) is 12.1 Å². The molecule has 0 aliphatic rings. The van der Waals surface area contributed by atoms with Crippen molar-refractivity contribution >= 4 is 11.4 Å². The topological polar surface area (TPSA) is 47.3 Å². The summed E-state index contributed by atoms with van der Waals surface area (Å²) in [6.45, 7) is 3.73. The predicted octanol–water partition coefficient (Wildman–Crippen LogP) is 1.63. The molecule has 2 aromatic rings. The highest BCUT2D eigenvalue weighted by atomic mass is 16.1. The normalized spacial score (nSPS) is 10.7. The number of nitrogens with zero attached hydrogens (tertiary/aromatic N) is 3. The second-order valence-corrected chi connectivity index (χ2v) is 3.18. The molecule has 0 saturated carbocycles. The van der Waals surface area contributed by atoms with E-state index < -0.39 is 0 Å². The van der Waals surface area contributed by atoms with Crippen molar-refractivity contribution in [2.45, 2.75) is 20.3 Å². The summed E-state index contributed by atoms with van der Waals surface area (Å²) in [4.78, 5) is 15.6. The van der Waals surface area contributed by atoms with Gasteiger partial charge in [0.2, 0.25) is 0 Å². The van der Waals surface area contributed by atoms with Gasteiger partial charge in [0, 0.05) is 18.7 Å². The maximum absolute atomic E-state index is 11.4. The molecule has 2 aromatic heterocycles. The number of Topliss-reactive ketones (excluding diaryl/α,β-unsaturated/α-hetero) is 1. The molecule has 0 atom stereocenters. The Morgan fingerprint density at radius 3 is 3.07 bits per heavy atom. The molecule has 72 valence electrons. The average molecular weight is 189 g/mol. The van der Waals surface area contributed by atoms with E-state index in [-0.39, 0.29) is 5.78 Å². The Labute approximate surface area is 81.6 Å². The highest BCUT2D eigenvalue weighted by Crippen LogP contribution is 2.05. The molecule has 2 heterocycles. The fraction of sp³-hybridized carbons (Fsp3) is 0.300. The Hall–Kier alpha value is -1.71. The third-order valence-corrected chi connectivity index (χ3v) is 2.05. The Morgan fingerprint density at radius 1 is 1.57 bits per heavy atom. The number of ketones is 1. The number of aromatic nitrogens is 3. The minimum atomic E-state index is 0.0614. The lowest BCUT2D eigenvalue weighted by Gasteiger charge is -1.96. The summed E-state index contributed by atoms with van der Waals surface area (Å²) < 4.78 is 1.67. The van der Waals surface area contributed by atoms with Gasteiger partial charge in [-0.2, -0.15) is 5.10 Å². The summed E-state index contributed by atoms with van der Waals surface area (Å²) in [5.41, 5.74) is 2.14. The maximum atomic E-state index is 11.4. The molecular weight excluding hydrogens is 178 g/mol. The molecule has 2 rings (SSSR count). The average Bonchev–Trinajstić information content (AvgIpc) is 2.55. The van der Waals surface area contributed by atoms with Crippen molar-refractivity contribution in [2.24, 2.45) is 0 Å². The molecule has 0 spiro atoms. The zero-order chi connectivity index (χ0) is 10.1. The maximum Gasteiger partial charge on any atom is 0.181 e. The van der Waals surface area contributed by atoms with Crippen molar-refractivity contribution in [1.29, 1.82) is 0 Å². The summed E-state index contributed by atoms with van der Waals surface area (Å²) in [7, 11) is 0. The smallest absolute Gasteiger partial charge is 0.181 e. The van der Waals surface area contributed by atoms with Crippen LogP contribution in [-0.4, -0.2) is 20.4 Å². The Morgan fingerprint density at radius 2 is 2.36 bits per heavy atom. The van der Waals surface area contributed by atoms with Crippen molar-refractivity contribution < 1.29 is 4.79 Å². The lowest BCUT2D eigenvalue weighted by Crippen LogP contribution is -2.02.